The SMILES string of the molecule is CCC(=O)c1cc2cc(F)cc(Cl)c2o1. The molecule has 0 aliphatic heterocycles. The van der Waals surface area contributed by atoms with E-state index >= 15 is 0 Å². The lowest BCUT2D eigenvalue weighted by molar-refractivity contribution is 0.0963. The van der Waals surface area contributed by atoms with Crippen LogP contribution >= 0.6 is 11.6 Å². The molecule has 0 aliphatic rings. The molecule has 0 bridgehead atoms. The van der Waals surface area contributed by atoms with Gasteiger partial charge in [0.05, 0.1) is 5.02 Å². The Morgan fingerprint density at radius 2 is 2.20 bits per heavy atom. The number of rotatable bonds is 2. The fourth-order valence-electron chi connectivity index (χ4n) is 1.39. The van der Waals surface area contributed by atoms with E-state index in [2.05, 4.69) is 0 Å². The summed E-state index contributed by atoms with van der Waals surface area (Å²) in [6.45, 7) is 1.73. The summed E-state index contributed by atoms with van der Waals surface area (Å²) in [6, 6.07) is 3.96. The molecule has 0 saturated carbocycles. The molecule has 2 nitrogen and oxygen atoms in total. The first-order valence-electron chi connectivity index (χ1n) is 4.53. The Labute approximate surface area is 90.6 Å². The lowest BCUT2D eigenvalue weighted by Gasteiger charge is -1.92. The standard InChI is InChI=1S/C11H8ClFO2/c1-2-9(14)10-4-6-3-7(13)5-8(12)11(6)15-10/h3-5H,2H2,1H3. The highest BCUT2D eigenvalue weighted by Gasteiger charge is 2.13. The first-order chi connectivity index (χ1) is 7.11. The maximum absolute atomic E-state index is 13.0. The highest BCUT2D eigenvalue weighted by molar-refractivity contribution is 6.34. The van der Waals surface area contributed by atoms with Crippen molar-refractivity contribution in [3.8, 4) is 0 Å². The van der Waals surface area contributed by atoms with E-state index in [9.17, 15) is 9.18 Å². The van der Waals surface area contributed by atoms with Gasteiger partial charge in [-0.1, -0.05) is 18.5 Å². The molecule has 1 aromatic carbocycles. The normalized spacial score (nSPS) is 10.9. The average Bonchev–Trinajstić information content (AvgIpc) is 2.60. The van der Waals surface area contributed by atoms with Gasteiger partial charge < -0.3 is 4.42 Å². The van der Waals surface area contributed by atoms with E-state index in [1.165, 1.54) is 12.1 Å². The molecule has 0 atom stereocenters. The van der Waals surface area contributed by atoms with Gasteiger partial charge >= 0.3 is 0 Å². The van der Waals surface area contributed by atoms with Crippen molar-refractivity contribution in [2.24, 2.45) is 0 Å². The Hall–Kier alpha value is -1.35. The first-order valence-corrected chi connectivity index (χ1v) is 4.91. The third kappa shape index (κ3) is 1.75. The fourth-order valence-corrected chi connectivity index (χ4v) is 1.64. The van der Waals surface area contributed by atoms with Gasteiger partial charge in [-0.3, -0.25) is 4.79 Å². The molecule has 4 heteroatoms. The minimum Gasteiger partial charge on any atom is -0.451 e. The average molecular weight is 227 g/mol. The van der Waals surface area contributed by atoms with Crippen LogP contribution in [0, 0.1) is 5.82 Å². The Bertz CT molecular complexity index is 531. The van der Waals surface area contributed by atoms with Gasteiger partial charge in [-0.2, -0.15) is 0 Å². The summed E-state index contributed by atoms with van der Waals surface area (Å²) in [5, 5.41) is 0.692. The number of Topliss-reactive ketones (excluding diaryl/α,β-unsaturated/α-hetero) is 1. The first kappa shape index (κ1) is 10.2. The van der Waals surface area contributed by atoms with Crippen LogP contribution in [0.2, 0.25) is 5.02 Å². The molecule has 0 fully saturated rings. The molecule has 78 valence electrons. The Morgan fingerprint density at radius 1 is 1.47 bits per heavy atom. The minimum absolute atomic E-state index is 0.123. The Balaban J connectivity index is 2.65. The summed E-state index contributed by atoms with van der Waals surface area (Å²) < 4.78 is 18.2. The number of furan rings is 1. The van der Waals surface area contributed by atoms with Gasteiger partial charge in [-0.05, 0) is 18.2 Å². The van der Waals surface area contributed by atoms with Gasteiger partial charge in [0.2, 0.25) is 0 Å². The molecule has 0 spiro atoms. The van der Waals surface area contributed by atoms with Crippen molar-refractivity contribution in [2.45, 2.75) is 13.3 Å². The molecule has 2 rings (SSSR count). The summed E-state index contributed by atoms with van der Waals surface area (Å²) in [6.07, 6.45) is 0.347. The lowest BCUT2D eigenvalue weighted by Crippen LogP contribution is -1.92. The zero-order valence-corrected chi connectivity index (χ0v) is 8.77. The predicted octanol–water partition coefficient (Wildman–Crippen LogP) is 3.82. The molecule has 0 N–H and O–H groups in total. The molecular weight excluding hydrogens is 219 g/mol. The molecule has 0 aliphatic carbocycles. The van der Waals surface area contributed by atoms with Crippen LogP contribution in [0.5, 0.6) is 0 Å². The largest absolute Gasteiger partial charge is 0.451 e. The van der Waals surface area contributed by atoms with Gasteiger partial charge in [0, 0.05) is 11.8 Å². The zero-order valence-electron chi connectivity index (χ0n) is 8.01. The van der Waals surface area contributed by atoms with Crippen LogP contribution in [0.25, 0.3) is 11.0 Å². The highest BCUT2D eigenvalue weighted by Crippen LogP contribution is 2.28. The lowest BCUT2D eigenvalue weighted by atomic mass is 10.2. The molecule has 2 aromatic rings. The Morgan fingerprint density at radius 3 is 2.87 bits per heavy atom. The topological polar surface area (TPSA) is 30.2 Å². The molecule has 1 heterocycles. The Kier molecular flexibility index (Phi) is 2.49. The van der Waals surface area contributed by atoms with Gasteiger partial charge in [-0.15, -0.1) is 0 Å². The van der Waals surface area contributed by atoms with Gasteiger partial charge in [0.15, 0.2) is 17.1 Å². The third-order valence-corrected chi connectivity index (χ3v) is 2.41. The van der Waals surface area contributed by atoms with Crippen LogP contribution in [0.1, 0.15) is 23.9 Å². The molecule has 0 unspecified atom stereocenters. The fraction of sp³-hybridized carbons (Fsp3) is 0.182. The monoisotopic (exact) mass is 226 g/mol. The molecule has 0 saturated heterocycles. The number of carbonyl (C=O) groups is 1. The number of hydrogen-bond acceptors (Lipinski definition) is 2. The predicted molar refractivity (Wildman–Crippen MR) is 55.8 cm³/mol. The maximum atomic E-state index is 13.0. The second kappa shape index (κ2) is 3.66. The second-order valence-corrected chi connectivity index (χ2v) is 3.60. The van der Waals surface area contributed by atoms with Crippen molar-refractivity contribution in [1.29, 1.82) is 0 Å². The van der Waals surface area contributed by atoms with Crippen LogP contribution in [0.15, 0.2) is 22.6 Å². The van der Waals surface area contributed by atoms with Gasteiger partial charge in [0.1, 0.15) is 5.82 Å². The van der Waals surface area contributed by atoms with Crippen molar-refractivity contribution >= 4 is 28.4 Å². The summed E-state index contributed by atoms with van der Waals surface area (Å²) in [7, 11) is 0. The smallest absolute Gasteiger partial charge is 0.197 e. The number of halogens is 2. The van der Waals surface area contributed by atoms with Crippen molar-refractivity contribution in [1.82, 2.24) is 0 Å². The molecule has 15 heavy (non-hydrogen) atoms. The summed E-state index contributed by atoms with van der Waals surface area (Å²) in [5.41, 5.74) is 0.356. The van der Waals surface area contributed by atoms with E-state index in [1.807, 2.05) is 0 Å². The number of benzene rings is 1. The number of carbonyl (C=O) groups excluding carboxylic acids is 1. The number of ketones is 1. The summed E-state index contributed by atoms with van der Waals surface area (Å²) in [4.78, 5) is 11.3. The van der Waals surface area contributed by atoms with Crippen LogP contribution in [-0.2, 0) is 0 Å². The summed E-state index contributed by atoms with van der Waals surface area (Å²) in [5.74, 6) is -0.341. The number of hydrogen-bond donors (Lipinski definition) is 0. The van der Waals surface area contributed by atoms with Crippen LogP contribution in [-0.4, -0.2) is 5.78 Å². The third-order valence-electron chi connectivity index (χ3n) is 2.13. The molecule has 0 radical (unpaired) electrons. The zero-order chi connectivity index (χ0) is 11.0. The van der Waals surface area contributed by atoms with Crippen molar-refractivity contribution in [3.05, 3.63) is 34.8 Å². The maximum Gasteiger partial charge on any atom is 0.197 e. The van der Waals surface area contributed by atoms with Crippen LogP contribution in [0.4, 0.5) is 4.39 Å². The van der Waals surface area contributed by atoms with Crippen LogP contribution < -0.4 is 0 Å². The quantitative estimate of drug-likeness (QED) is 0.729. The van der Waals surface area contributed by atoms with E-state index < -0.39 is 5.82 Å². The van der Waals surface area contributed by atoms with E-state index in [0.717, 1.165) is 6.07 Å². The van der Waals surface area contributed by atoms with Crippen molar-refractivity contribution in [3.63, 3.8) is 0 Å². The van der Waals surface area contributed by atoms with Crippen molar-refractivity contribution < 1.29 is 13.6 Å². The second-order valence-electron chi connectivity index (χ2n) is 3.19. The van der Waals surface area contributed by atoms with Gasteiger partial charge in [0.25, 0.3) is 0 Å². The van der Waals surface area contributed by atoms with Crippen LogP contribution in [0.3, 0.4) is 0 Å². The van der Waals surface area contributed by atoms with E-state index in [0.29, 0.717) is 17.4 Å². The van der Waals surface area contributed by atoms with E-state index in [-0.39, 0.29) is 16.6 Å². The van der Waals surface area contributed by atoms with E-state index in [1.54, 1.807) is 6.92 Å². The highest BCUT2D eigenvalue weighted by atomic mass is 35.5. The minimum atomic E-state index is -0.441. The van der Waals surface area contributed by atoms with Crippen molar-refractivity contribution in [2.75, 3.05) is 0 Å². The molecule has 1 aromatic heterocycles. The van der Waals surface area contributed by atoms with Gasteiger partial charge in [-0.25, -0.2) is 4.39 Å². The summed E-state index contributed by atoms with van der Waals surface area (Å²) >= 11 is 5.78. The number of fused-ring (bicyclic) bond motifs is 1. The molecular formula is C11H8ClFO2. The van der Waals surface area contributed by atoms with E-state index in [4.69, 9.17) is 16.0 Å². The molecule has 0 amide bonds.